The Balaban J connectivity index is 2.42. The zero-order valence-electron chi connectivity index (χ0n) is 10.8. The van der Waals surface area contributed by atoms with Crippen molar-refractivity contribution in [3.8, 4) is 0 Å². The minimum atomic E-state index is 0.442. The molecule has 2 heterocycles. The van der Waals surface area contributed by atoms with E-state index in [1.54, 1.807) is 0 Å². The predicted octanol–water partition coefficient (Wildman–Crippen LogP) is 3.13. The maximum atomic E-state index is 2.27. The molecule has 0 aromatic carbocycles. The van der Waals surface area contributed by atoms with Gasteiger partial charge >= 0.3 is 0 Å². The Bertz CT molecular complexity index is 457. The van der Waals surface area contributed by atoms with E-state index in [-0.39, 0.29) is 0 Å². The molecule has 0 N–H and O–H groups in total. The van der Waals surface area contributed by atoms with E-state index >= 15 is 0 Å². The first-order valence-corrected chi connectivity index (χ1v) is 5.74. The molecule has 2 aromatic heterocycles. The first-order chi connectivity index (χ1) is 7.49. The second-order valence-corrected chi connectivity index (χ2v) is 4.83. The van der Waals surface area contributed by atoms with Crippen molar-refractivity contribution in [1.82, 2.24) is 9.13 Å². The summed E-state index contributed by atoms with van der Waals surface area (Å²) in [5, 5.41) is 0. The van der Waals surface area contributed by atoms with Gasteiger partial charge in [0.2, 0.25) is 0 Å². The van der Waals surface area contributed by atoms with Crippen LogP contribution in [0.25, 0.3) is 0 Å². The van der Waals surface area contributed by atoms with Crippen LogP contribution < -0.4 is 0 Å². The van der Waals surface area contributed by atoms with Crippen LogP contribution in [0.15, 0.2) is 24.5 Å². The summed E-state index contributed by atoms with van der Waals surface area (Å²) in [5.74, 6) is 0.442. The van der Waals surface area contributed by atoms with E-state index in [0.717, 1.165) is 0 Å². The van der Waals surface area contributed by atoms with Crippen LogP contribution in [0.2, 0.25) is 0 Å². The molecule has 2 heteroatoms. The minimum Gasteiger partial charge on any atom is -0.354 e. The summed E-state index contributed by atoms with van der Waals surface area (Å²) in [6, 6.07) is 4.54. The molecule has 0 unspecified atom stereocenters. The molecule has 0 aliphatic heterocycles. The average molecular weight is 216 g/mol. The zero-order valence-corrected chi connectivity index (χ0v) is 10.8. The van der Waals surface area contributed by atoms with Crippen LogP contribution in [0.1, 0.15) is 35.4 Å². The van der Waals surface area contributed by atoms with Gasteiger partial charge in [-0.15, -0.1) is 0 Å². The van der Waals surface area contributed by atoms with Gasteiger partial charge in [0.25, 0.3) is 0 Å². The maximum absolute atomic E-state index is 2.27. The Hall–Kier alpha value is -1.44. The SMILES string of the molecule is Cc1cc(C(C)c2cc(C)cn2C)n(C)c1. The molecule has 2 rings (SSSR count). The highest BCUT2D eigenvalue weighted by Gasteiger charge is 2.15. The molecule has 0 amide bonds. The van der Waals surface area contributed by atoms with Gasteiger partial charge < -0.3 is 9.13 Å². The standard InChI is InChI=1S/C14H20N2/c1-10-6-13(15(4)8-10)12(3)14-7-11(2)9-16(14)5/h6-9,12H,1-5H3. The molecular weight excluding hydrogens is 196 g/mol. The summed E-state index contributed by atoms with van der Waals surface area (Å²) in [6.07, 6.45) is 4.36. The van der Waals surface area contributed by atoms with Crippen molar-refractivity contribution in [1.29, 1.82) is 0 Å². The molecule has 0 atom stereocenters. The number of aryl methyl sites for hydroxylation is 4. The highest BCUT2D eigenvalue weighted by molar-refractivity contribution is 5.30. The lowest BCUT2D eigenvalue weighted by molar-refractivity contribution is 0.711. The van der Waals surface area contributed by atoms with Gasteiger partial charge in [0, 0.05) is 43.8 Å². The third-order valence-corrected chi connectivity index (χ3v) is 3.25. The van der Waals surface area contributed by atoms with Gasteiger partial charge in [-0.3, -0.25) is 0 Å². The third-order valence-electron chi connectivity index (χ3n) is 3.25. The highest BCUT2D eigenvalue weighted by atomic mass is 15.0. The highest BCUT2D eigenvalue weighted by Crippen LogP contribution is 2.26. The number of rotatable bonds is 2. The molecule has 0 saturated heterocycles. The largest absolute Gasteiger partial charge is 0.354 e. The lowest BCUT2D eigenvalue weighted by atomic mass is 10.0. The second-order valence-electron chi connectivity index (χ2n) is 4.83. The van der Waals surface area contributed by atoms with Crippen molar-refractivity contribution in [2.24, 2.45) is 14.1 Å². The summed E-state index contributed by atoms with van der Waals surface area (Å²) in [6.45, 7) is 6.56. The van der Waals surface area contributed by atoms with E-state index < -0.39 is 0 Å². The maximum Gasteiger partial charge on any atom is 0.0367 e. The summed E-state index contributed by atoms with van der Waals surface area (Å²) in [7, 11) is 4.24. The topological polar surface area (TPSA) is 9.86 Å². The van der Waals surface area contributed by atoms with Crippen molar-refractivity contribution in [2.45, 2.75) is 26.7 Å². The monoisotopic (exact) mass is 216 g/mol. The van der Waals surface area contributed by atoms with Crippen LogP contribution in [0.4, 0.5) is 0 Å². The summed E-state index contributed by atoms with van der Waals surface area (Å²) in [5.41, 5.74) is 5.41. The van der Waals surface area contributed by atoms with Gasteiger partial charge in [0.15, 0.2) is 0 Å². The Kier molecular flexibility index (Phi) is 2.66. The van der Waals surface area contributed by atoms with Gasteiger partial charge in [-0.25, -0.2) is 0 Å². The van der Waals surface area contributed by atoms with Crippen molar-refractivity contribution in [2.75, 3.05) is 0 Å². The molecule has 0 fully saturated rings. The van der Waals surface area contributed by atoms with E-state index in [4.69, 9.17) is 0 Å². The van der Waals surface area contributed by atoms with Crippen molar-refractivity contribution < 1.29 is 0 Å². The van der Waals surface area contributed by atoms with Crippen LogP contribution >= 0.6 is 0 Å². The summed E-state index contributed by atoms with van der Waals surface area (Å²) < 4.78 is 4.45. The fourth-order valence-electron chi connectivity index (χ4n) is 2.52. The fraction of sp³-hybridized carbons (Fsp3) is 0.429. The number of nitrogens with zero attached hydrogens (tertiary/aromatic N) is 2. The molecule has 0 saturated carbocycles. The molecule has 0 radical (unpaired) electrons. The normalized spacial score (nSPS) is 11.4. The van der Waals surface area contributed by atoms with Crippen LogP contribution in [-0.4, -0.2) is 9.13 Å². The van der Waals surface area contributed by atoms with Crippen LogP contribution in [0.5, 0.6) is 0 Å². The smallest absolute Gasteiger partial charge is 0.0367 e. The van der Waals surface area contributed by atoms with Crippen LogP contribution in [0.3, 0.4) is 0 Å². The molecule has 2 aromatic rings. The number of aromatic nitrogens is 2. The van der Waals surface area contributed by atoms with E-state index in [0.29, 0.717) is 5.92 Å². The molecule has 0 aliphatic rings. The van der Waals surface area contributed by atoms with Crippen LogP contribution in [0, 0.1) is 13.8 Å². The second kappa shape index (κ2) is 3.85. The molecule has 0 aliphatic carbocycles. The lowest BCUT2D eigenvalue weighted by Gasteiger charge is -2.14. The van der Waals surface area contributed by atoms with E-state index in [1.807, 2.05) is 0 Å². The minimum absolute atomic E-state index is 0.442. The quantitative estimate of drug-likeness (QED) is 0.730. The zero-order chi connectivity index (χ0) is 11.9. The number of hydrogen-bond donors (Lipinski definition) is 0. The molecule has 16 heavy (non-hydrogen) atoms. The average Bonchev–Trinajstić information content (AvgIpc) is 2.68. The fourth-order valence-corrected chi connectivity index (χ4v) is 2.52. The van der Waals surface area contributed by atoms with Gasteiger partial charge in [0.1, 0.15) is 0 Å². The Morgan fingerprint density at radius 3 is 1.50 bits per heavy atom. The lowest BCUT2D eigenvalue weighted by Crippen LogP contribution is -2.06. The number of hydrogen-bond acceptors (Lipinski definition) is 0. The van der Waals surface area contributed by atoms with Crippen molar-refractivity contribution in [3.05, 3.63) is 47.0 Å². The first-order valence-electron chi connectivity index (χ1n) is 5.74. The summed E-state index contributed by atoms with van der Waals surface area (Å²) in [4.78, 5) is 0. The van der Waals surface area contributed by atoms with Crippen molar-refractivity contribution >= 4 is 0 Å². The molecular formula is C14H20N2. The molecule has 0 spiro atoms. The van der Waals surface area contributed by atoms with E-state index in [2.05, 4.69) is 68.5 Å². The Morgan fingerprint density at radius 1 is 0.875 bits per heavy atom. The van der Waals surface area contributed by atoms with Crippen LogP contribution in [-0.2, 0) is 14.1 Å². The predicted molar refractivity (Wildman–Crippen MR) is 67.8 cm³/mol. The van der Waals surface area contributed by atoms with Gasteiger partial charge in [-0.2, -0.15) is 0 Å². The van der Waals surface area contributed by atoms with Gasteiger partial charge in [-0.05, 0) is 37.1 Å². The molecule has 86 valence electrons. The van der Waals surface area contributed by atoms with Gasteiger partial charge in [0.05, 0.1) is 0 Å². The van der Waals surface area contributed by atoms with Crippen molar-refractivity contribution in [3.63, 3.8) is 0 Å². The first kappa shape index (κ1) is 11.1. The van der Waals surface area contributed by atoms with E-state index in [1.165, 1.54) is 22.5 Å². The van der Waals surface area contributed by atoms with Gasteiger partial charge in [-0.1, -0.05) is 6.92 Å². The Morgan fingerprint density at radius 2 is 1.25 bits per heavy atom. The Labute approximate surface area is 97.5 Å². The molecule has 0 bridgehead atoms. The van der Waals surface area contributed by atoms with E-state index in [9.17, 15) is 0 Å². The molecule has 2 nitrogen and oxygen atoms in total. The third kappa shape index (κ3) is 1.80. The summed E-state index contributed by atoms with van der Waals surface area (Å²) >= 11 is 0.